The van der Waals surface area contributed by atoms with Crippen molar-refractivity contribution in [3.63, 3.8) is 0 Å². The minimum Gasteiger partial charge on any atom is -0.326 e. The molecular formula is C18H13ClFN3O2S. The summed E-state index contributed by atoms with van der Waals surface area (Å²) in [5.74, 6) is -1.14. The van der Waals surface area contributed by atoms with Crippen molar-refractivity contribution in [1.82, 2.24) is 4.98 Å². The molecule has 0 unspecified atom stereocenters. The first-order valence-electron chi connectivity index (χ1n) is 7.57. The molecule has 2 N–H and O–H groups in total. The van der Waals surface area contributed by atoms with E-state index in [0.29, 0.717) is 22.1 Å². The lowest BCUT2D eigenvalue weighted by Crippen LogP contribution is -2.15. The van der Waals surface area contributed by atoms with Crippen molar-refractivity contribution in [1.29, 1.82) is 0 Å². The highest BCUT2D eigenvalue weighted by molar-refractivity contribution is 7.14. The van der Waals surface area contributed by atoms with E-state index in [1.807, 2.05) is 6.07 Å². The van der Waals surface area contributed by atoms with Crippen molar-refractivity contribution in [3.8, 4) is 0 Å². The van der Waals surface area contributed by atoms with Gasteiger partial charge in [0.25, 0.3) is 5.91 Å². The second kappa shape index (κ2) is 8.07. The number of carbonyl (C=O) groups is 2. The van der Waals surface area contributed by atoms with Crippen LogP contribution in [0.25, 0.3) is 0 Å². The number of thiazole rings is 1. The summed E-state index contributed by atoms with van der Waals surface area (Å²) in [5, 5.41) is 7.35. The molecule has 8 heteroatoms. The Kier molecular flexibility index (Phi) is 5.60. The van der Waals surface area contributed by atoms with Gasteiger partial charge >= 0.3 is 0 Å². The maximum absolute atomic E-state index is 13.1. The molecule has 0 spiro atoms. The number of halogens is 2. The monoisotopic (exact) mass is 389 g/mol. The van der Waals surface area contributed by atoms with Crippen molar-refractivity contribution in [2.75, 3.05) is 10.6 Å². The molecule has 0 saturated heterocycles. The number of amides is 2. The number of hydrogen-bond donors (Lipinski definition) is 2. The van der Waals surface area contributed by atoms with Crippen LogP contribution in [0, 0.1) is 5.82 Å². The molecule has 0 aliphatic rings. The number of nitrogens with zero attached hydrogens (tertiary/aromatic N) is 1. The molecule has 0 bridgehead atoms. The van der Waals surface area contributed by atoms with Crippen LogP contribution in [0.1, 0.15) is 16.1 Å². The van der Waals surface area contributed by atoms with E-state index >= 15 is 0 Å². The van der Waals surface area contributed by atoms with Gasteiger partial charge in [-0.05, 0) is 30.3 Å². The van der Waals surface area contributed by atoms with E-state index < -0.39 is 5.82 Å². The average molecular weight is 390 g/mol. The maximum Gasteiger partial charge on any atom is 0.257 e. The van der Waals surface area contributed by atoms with Crippen LogP contribution in [0.4, 0.5) is 15.2 Å². The molecule has 1 aromatic heterocycles. The summed E-state index contributed by atoms with van der Waals surface area (Å²) in [4.78, 5) is 28.4. The Morgan fingerprint density at radius 3 is 2.62 bits per heavy atom. The van der Waals surface area contributed by atoms with Gasteiger partial charge in [-0.25, -0.2) is 9.37 Å². The molecule has 3 aromatic rings. The predicted molar refractivity (Wildman–Crippen MR) is 100 cm³/mol. The van der Waals surface area contributed by atoms with Crippen molar-refractivity contribution in [2.24, 2.45) is 0 Å². The lowest BCUT2D eigenvalue weighted by molar-refractivity contribution is -0.115. The van der Waals surface area contributed by atoms with Crippen LogP contribution in [0.15, 0.2) is 53.9 Å². The summed E-state index contributed by atoms with van der Waals surface area (Å²) in [6.07, 6.45) is 0.0205. The number of anilines is 2. The predicted octanol–water partition coefficient (Wildman–Crippen LogP) is 4.37. The Balaban J connectivity index is 1.58. The van der Waals surface area contributed by atoms with E-state index in [9.17, 15) is 14.0 Å². The average Bonchev–Trinajstić information content (AvgIpc) is 3.05. The van der Waals surface area contributed by atoms with Gasteiger partial charge in [0.2, 0.25) is 5.91 Å². The molecule has 0 aliphatic heterocycles. The molecule has 0 atom stereocenters. The van der Waals surface area contributed by atoms with E-state index in [1.165, 1.54) is 29.5 Å². The second-order valence-corrected chi connectivity index (χ2v) is 6.58. The van der Waals surface area contributed by atoms with E-state index in [4.69, 9.17) is 11.6 Å². The van der Waals surface area contributed by atoms with E-state index in [1.54, 1.807) is 29.6 Å². The van der Waals surface area contributed by atoms with Gasteiger partial charge in [0.05, 0.1) is 17.1 Å². The highest BCUT2D eigenvalue weighted by Gasteiger charge is 2.12. The van der Waals surface area contributed by atoms with Crippen molar-refractivity contribution in [2.45, 2.75) is 6.42 Å². The van der Waals surface area contributed by atoms with Crippen LogP contribution in [0.2, 0.25) is 5.02 Å². The number of nitrogens with one attached hydrogen (secondary N) is 2. The first-order chi connectivity index (χ1) is 12.5. The van der Waals surface area contributed by atoms with E-state index in [2.05, 4.69) is 15.6 Å². The Hall–Kier alpha value is -2.77. The molecule has 0 aliphatic carbocycles. The first kappa shape index (κ1) is 18.0. The number of hydrogen-bond acceptors (Lipinski definition) is 4. The largest absolute Gasteiger partial charge is 0.326 e. The van der Waals surface area contributed by atoms with Crippen molar-refractivity contribution < 1.29 is 14.0 Å². The molecule has 132 valence electrons. The zero-order valence-electron chi connectivity index (χ0n) is 13.3. The van der Waals surface area contributed by atoms with Gasteiger partial charge in [-0.2, -0.15) is 0 Å². The van der Waals surface area contributed by atoms with Gasteiger partial charge in [-0.1, -0.05) is 29.8 Å². The van der Waals surface area contributed by atoms with Gasteiger partial charge in [-0.3, -0.25) is 14.9 Å². The third-order valence-electron chi connectivity index (χ3n) is 3.35. The third-order valence-corrected chi connectivity index (χ3v) is 4.45. The Bertz CT molecular complexity index is 947. The topological polar surface area (TPSA) is 71.1 Å². The molecule has 1 heterocycles. The zero-order valence-corrected chi connectivity index (χ0v) is 14.9. The quantitative estimate of drug-likeness (QED) is 0.680. The third kappa shape index (κ3) is 4.65. The fraction of sp³-hybridized carbons (Fsp3) is 0.0556. The zero-order chi connectivity index (χ0) is 18.5. The Morgan fingerprint density at radius 1 is 1.12 bits per heavy atom. The molecule has 0 radical (unpaired) electrons. The van der Waals surface area contributed by atoms with Gasteiger partial charge < -0.3 is 5.32 Å². The number of carbonyl (C=O) groups excluding carboxylic acids is 2. The van der Waals surface area contributed by atoms with Crippen LogP contribution in [0.3, 0.4) is 0 Å². The summed E-state index contributed by atoms with van der Waals surface area (Å²) < 4.78 is 13.1. The standard InChI is InChI=1S/C18H13ClFN3O2S/c19-14-8-12(6-7-15(14)20)21-16(24)9-13-10-26-18(22-13)23-17(25)11-4-2-1-3-5-11/h1-8,10H,9H2,(H,21,24)(H,22,23,25). The molecule has 26 heavy (non-hydrogen) atoms. The maximum atomic E-state index is 13.1. The highest BCUT2D eigenvalue weighted by atomic mass is 35.5. The van der Waals surface area contributed by atoms with Crippen LogP contribution < -0.4 is 10.6 Å². The minimum absolute atomic E-state index is 0.0205. The van der Waals surface area contributed by atoms with Gasteiger partial charge in [-0.15, -0.1) is 11.3 Å². The SMILES string of the molecule is O=C(Cc1csc(NC(=O)c2ccccc2)n1)Nc1ccc(F)c(Cl)c1. The number of rotatable bonds is 5. The molecule has 3 rings (SSSR count). The normalized spacial score (nSPS) is 10.4. The van der Waals surface area contributed by atoms with E-state index in [-0.39, 0.29) is 23.3 Å². The number of aromatic nitrogens is 1. The minimum atomic E-state index is -0.553. The Labute approximate surface area is 157 Å². The van der Waals surface area contributed by atoms with Crippen LogP contribution in [0.5, 0.6) is 0 Å². The second-order valence-electron chi connectivity index (χ2n) is 5.32. The van der Waals surface area contributed by atoms with Crippen LogP contribution in [-0.4, -0.2) is 16.8 Å². The van der Waals surface area contributed by atoms with E-state index in [0.717, 1.165) is 0 Å². The van der Waals surface area contributed by atoms with Crippen molar-refractivity contribution in [3.05, 3.63) is 76.0 Å². The molecular weight excluding hydrogens is 377 g/mol. The summed E-state index contributed by atoms with van der Waals surface area (Å²) in [6, 6.07) is 12.7. The summed E-state index contributed by atoms with van der Waals surface area (Å²) >= 11 is 6.91. The van der Waals surface area contributed by atoms with Crippen molar-refractivity contribution >= 4 is 45.6 Å². The Morgan fingerprint density at radius 2 is 1.88 bits per heavy atom. The van der Waals surface area contributed by atoms with Gasteiger partial charge in [0.15, 0.2) is 5.13 Å². The smallest absolute Gasteiger partial charge is 0.257 e. The first-order valence-corrected chi connectivity index (χ1v) is 8.83. The molecule has 2 amide bonds. The molecule has 0 fully saturated rings. The highest BCUT2D eigenvalue weighted by Crippen LogP contribution is 2.20. The van der Waals surface area contributed by atoms with Crippen LogP contribution >= 0.6 is 22.9 Å². The fourth-order valence-electron chi connectivity index (χ4n) is 2.15. The number of benzene rings is 2. The molecule has 0 saturated carbocycles. The lowest BCUT2D eigenvalue weighted by atomic mass is 10.2. The van der Waals surface area contributed by atoms with Gasteiger partial charge in [0, 0.05) is 16.6 Å². The van der Waals surface area contributed by atoms with Gasteiger partial charge in [0.1, 0.15) is 5.82 Å². The molecule has 5 nitrogen and oxygen atoms in total. The summed E-state index contributed by atoms with van der Waals surface area (Å²) in [5.41, 5.74) is 1.44. The fourth-order valence-corrected chi connectivity index (χ4v) is 3.03. The lowest BCUT2D eigenvalue weighted by Gasteiger charge is -2.05. The van der Waals surface area contributed by atoms with Crippen LogP contribution in [-0.2, 0) is 11.2 Å². The summed E-state index contributed by atoms with van der Waals surface area (Å²) in [7, 11) is 0. The summed E-state index contributed by atoms with van der Waals surface area (Å²) in [6.45, 7) is 0. The molecule has 2 aromatic carbocycles.